The van der Waals surface area contributed by atoms with Crippen molar-refractivity contribution in [2.45, 2.75) is 58.2 Å². The van der Waals surface area contributed by atoms with Gasteiger partial charge in [0.05, 0.1) is 0 Å². The Bertz CT molecular complexity index is 1320. The van der Waals surface area contributed by atoms with Crippen molar-refractivity contribution in [3.05, 3.63) is 76.3 Å². The lowest BCUT2D eigenvalue weighted by Crippen LogP contribution is -2.32. The lowest BCUT2D eigenvalue weighted by atomic mass is 9.95. The minimum Gasteiger partial charge on any atom is -0.314 e. The van der Waals surface area contributed by atoms with Crippen LogP contribution in [-0.4, -0.2) is 46.6 Å². The summed E-state index contributed by atoms with van der Waals surface area (Å²) in [6.45, 7) is 13.8. The smallest absolute Gasteiger partial charge is 0.258 e. The Hall–Kier alpha value is -2.50. The average molecular weight is 472 g/mol. The molecule has 2 radical (unpaired) electrons. The number of pyridine rings is 1. The predicted molar refractivity (Wildman–Crippen MR) is 139 cm³/mol. The average Bonchev–Trinajstić information content (AvgIpc) is 3.73. The molecule has 0 bridgehead atoms. The first-order chi connectivity index (χ1) is 17.0. The monoisotopic (exact) mass is 471 g/mol. The summed E-state index contributed by atoms with van der Waals surface area (Å²) in [5.41, 5.74) is 3.94. The lowest BCUT2D eigenvalue weighted by molar-refractivity contribution is 0.246. The number of hydrogen-bond donors (Lipinski definition) is 0. The van der Waals surface area contributed by atoms with E-state index < -0.39 is 0 Å². The molecule has 0 amide bonds. The molecule has 2 heterocycles. The van der Waals surface area contributed by atoms with Gasteiger partial charge in [-0.3, -0.25) is 14.6 Å². The summed E-state index contributed by atoms with van der Waals surface area (Å²) in [7, 11) is 0. The summed E-state index contributed by atoms with van der Waals surface area (Å²) in [4.78, 5) is 18.6. The summed E-state index contributed by atoms with van der Waals surface area (Å²) in [6, 6.07) is 9.94. The number of nitrogens with zero attached hydrogens (tertiary/aromatic N) is 3. The van der Waals surface area contributed by atoms with Gasteiger partial charge in [-0.25, -0.2) is 4.39 Å². The third-order valence-electron chi connectivity index (χ3n) is 8.08. The SMILES string of the molecule is [CH]c1cc(F)c(C)c(-c2ccc3c(=O)n(CC4CC4)cc(CN4CCCN(C5CC5)CC4)c3c2)c1. The maximum absolute atomic E-state index is 14.5. The molecule has 2 aromatic carbocycles. The second-order valence-corrected chi connectivity index (χ2v) is 10.9. The van der Waals surface area contributed by atoms with E-state index in [-0.39, 0.29) is 11.4 Å². The number of benzene rings is 2. The minimum absolute atomic E-state index is 0.0773. The van der Waals surface area contributed by atoms with Gasteiger partial charge >= 0.3 is 0 Å². The highest BCUT2D eigenvalue weighted by molar-refractivity contribution is 5.89. The number of hydrogen-bond acceptors (Lipinski definition) is 3. The predicted octanol–water partition coefficient (Wildman–Crippen LogP) is 5.26. The highest BCUT2D eigenvalue weighted by atomic mass is 19.1. The van der Waals surface area contributed by atoms with E-state index in [4.69, 9.17) is 6.92 Å². The molecule has 4 nitrogen and oxygen atoms in total. The summed E-state index contributed by atoms with van der Waals surface area (Å²) in [6.07, 6.45) is 8.41. The molecule has 2 saturated carbocycles. The molecule has 1 saturated heterocycles. The first-order valence-corrected chi connectivity index (χ1v) is 13.1. The van der Waals surface area contributed by atoms with Crippen molar-refractivity contribution in [3.8, 4) is 11.1 Å². The summed E-state index contributed by atoms with van der Waals surface area (Å²) in [5.74, 6) is 0.324. The Morgan fingerprint density at radius 2 is 1.83 bits per heavy atom. The molecule has 0 N–H and O–H groups in total. The van der Waals surface area contributed by atoms with E-state index in [1.165, 1.54) is 50.3 Å². The fraction of sp³-hybridized carbons (Fsp3) is 0.467. The molecular formula is C30H34FN3O. The van der Waals surface area contributed by atoms with Crippen molar-refractivity contribution in [2.24, 2.45) is 5.92 Å². The molecule has 3 aliphatic rings. The van der Waals surface area contributed by atoms with Crippen LogP contribution in [0.1, 0.15) is 48.8 Å². The molecule has 0 atom stereocenters. The van der Waals surface area contributed by atoms with Crippen LogP contribution < -0.4 is 5.56 Å². The topological polar surface area (TPSA) is 28.5 Å². The van der Waals surface area contributed by atoms with Crippen LogP contribution in [0, 0.1) is 25.6 Å². The summed E-state index contributed by atoms with van der Waals surface area (Å²) >= 11 is 0. The van der Waals surface area contributed by atoms with Gasteiger partial charge in [-0.15, -0.1) is 0 Å². The van der Waals surface area contributed by atoms with Gasteiger partial charge in [-0.05, 0) is 116 Å². The van der Waals surface area contributed by atoms with Crippen LogP contribution in [0.15, 0.2) is 41.3 Å². The van der Waals surface area contributed by atoms with Gasteiger partial charge in [0.15, 0.2) is 0 Å². The van der Waals surface area contributed by atoms with Crippen molar-refractivity contribution in [2.75, 3.05) is 26.2 Å². The number of rotatable bonds is 6. The highest BCUT2D eigenvalue weighted by Gasteiger charge is 2.30. The molecule has 182 valence electrons. The number of halogens is 1. The van der Waals surface area contributed by atoms with Crippen LogP contribution in [0.5, 0.6) is 0 Å². The Morgan fingerprint density at radius 1 is 1.00 bits per heavy atom. The van der Waals surface area contributed by atoms with Crippen LogP contribution >= 0.6 is 0 Å². The fourth-order valence-electron chi connectivity index (χ4n) is 5.67. The second kappa shape index (κ2) is 9.18. The number of aromatic nitrogens is 1. The Labute approximate surface area is 207 Å². The summed E-state index contributed by atoms with van der Waals surface area (Å²) < 4.78 is 16.4. The molecule has 0 spiro atoms. The molecular weight excluding hydrogens is 437 g/mol. The van der Waals surface area contributed by atoms with Gasteiger partial charge in [-0.1, -0.05) is 12.1 Å². The van der Waals surface area contributed by atoms with Gasteiger partial charge in [0.2, 0.25) is 0 Å². The van der Waals surface area contributed by atoms with Crippen molar-refractivity contribution in [3.63, 3.8) is 0 Å². The molecule has 3 aromatic rings. The molecule has 3 fully saturated rings. The largest absolute Gasteiger partial charge is 0.314 e. The van der Waals surface area contributed by atoms with E-state index in [2.05, 4.69) is 22.1 Å². The fourth-order valence-corrected chi connectivity index (χ4v) is 5.67. The third-order valence-corrected chi connectivity index (χ3v) is 8.08. The molecule has 2 aliphatic carbocycles. The van der Waals surface area contributed by atoms with Gasteiger partial charge in [0, 0.05) is 43.8 Å². The maximum Gasteiger partial charge on any atom is 0.258 e. The van der Waals surface area contributed by atoms with Crippen molar-refractivity contribution in [1.82, 2.24) is 14.4 Å². The lowest BCUT2D eigenvalue weighted by Gasteiger charge is -2.23. The second-order valence-electron chi connectivity index (χ2n) is 10.9. The van der Waals surface area contributed by atoms with Crippen LogP contribution in [-0.2, 0) is 13.1 Å². The molecule has 1 aliphatic heterocycles. The van der Waals surface area contributed by atoms with Gasteiger partial charge in [-0.2, -0.15) is 0 Å². The Morgan fingerprint density at radius 3 is 2.60 bits per heavy atom. The van der Waals surface area contributed by atoms with E-state index in [1.807, 2.05) is 22.8 Å². The van der Waals surface area contributed by atoms with Crippen LogP contribution in [0.25, 0.3) is 21.9 Å². The third kappa shape index (κ3) is 4.81. The molecule has 0 unspecified atom stereocenters. The van der Waals surface area contributed by atoms with Gasteiger partial charge < -0.3 is 4.57 Å². The van der Waals surface area contributed by atoms with Crippen molar-refractivity contribution in [1.29, 1.82) is 0 Å². The minimum atomic E-state index is -0.301. The van der Waals surface area contributed by atoms with Gasteiger partial charge in [0.25, 0.3) is 5.56 Å². The Balaban J connectivity index is 1.40. The zero-order chi connectivity index (χ0) is 24.1. The number of fused-ring (bicyclic) bond motifs is 1. The first kappa shape index (κ1) is 22.9. The van der Waals surface area contributed by atoms with Crippen molar-refractivity contribution >= 4 is 10.8 Å². The Kier molecular flexibility index (Phi) is 6.01. The van der Waals surface area contributed by atoms with Crippen molar-refractivity contribution < 1.29 is 4.39 Å². The zero-order valence-corrected chi connectivity index (χ0v) is 20.6. The summed E-state index contributed by atoms with van der Waals surface area (Å²) in [5, 5.41) is 1.73. The van der Waals surface area contributed by atoms with E-state index >= 15 is 0 Å². The van der Waals surface area contributed by atoms with Crippen LogP contribution in [0.3, 0.4) is 0 Å². The van der Waals surface area contributed by atoms with Gasteiger partial charge in [0.1, 0.15) is 5.82 Å². The highest BCUT2D eigenvalue weighted by Crippen LogP contribution is 2.33. The molecule has 1 aromatic heterocycles. The molecule has 35 heavy (non-hydrogen) atoms. The maximum atomic E-state index is 14.5. The first-order valence-electron chi connectivity index (χ1n) is 13.1. The van der Waals surface area contributed by atoms with E-state index in [0.717, 1.165) is 60.7 Å². The molecule has 6 rings (SSSR count). The zero-order valence-electron chi connectivity index (χ0n) is 20.6. The normalized spacial score (nSPS) is 19.9. The van der Waals surface area contributed by atoms with E-state index in [1.54, 1.807) is 6.92 Å². The standard InChI is InChI=1S/C30H34FN3O/c1-20-14-27(21(2)29(31)15-20)23-6-9-26-28(16-23)24(19-34(30(26)35)17-22-4-5-22)18-32-10-3-11-33(13-12-32)25-7-8-25/h1,6,9,14-16,19,22,25H,3-5,7-8,10-13,17-18H2,2H3. The van der Waals surface area contributed by atoms with Crippen LogP contribution in [0.4, 0.5) is 4.39 Å². The van der Waals surface area contributed by atoms with E-state index in [0.29, 0.717) is 17.0 Å². The van der Waals surface area contributed by atoms with E-state index in [9.17, 15) is 9.18 Å². The quantitative estimate of drug-likeness (QED) is 0.491. The molecule has 5 heteroatoms. The van der Waals surface area contributed by atoms with Crippen LogP contribution in [0.2, 0.25) is 0 Å².